The summed E-state index contributed by atoms with van der Waals surface area (Å²) >= 11 is 38.8. The van der Waals surface area contributed by atoms with E-state index in [1.807, 2.05) is 0 Å². The second-order valence-corrected chi connectivity index (χ2v) is 9.77. The lowest BCUT2D eigenvalue weighted by atomic mass is 9.97. The van der Waals surface area contributed by atoms with Crippen molar-refractivity contribution in [3.8, 4) is 0 Å². The van der Waals surface area contributed by atoms with Gasteiger partial charge in [0.1, 0.15) is 6.10 Å². The molecule has 8 heteroatoms. The fourth-order valence-corrected chi connectivity index (χ4v) is 4.74. The van der Waals surface area contributed by atoms with Crippen molar-refractivity contribution in [2.24, 2.45) is 0 Å². The quantitative estimate of drug-likeness (QED) is 0.250. The molecule has 0 aromatic rings. The van der Waals surface area contributed by atoms with Gasteiger partial charge in [0, 0.05) is 6.08 Å². The lowest BCUT2D eigenvalue weighted by Gasteiger charge is -2.28. The minimum atomic E-state index is -1.58. The Morgan fingerprint density at radius 2 is 1.64 bits per heavy atom. The van der Waals surface area contributed by atoms with Crippen LogP contribution < -0.4 is 0 Å². The molecule has 0 saturated heterocycles. The molecule has 0 aliphatic heterocycles. The number of hydrogen-bond donors (Lipinski definition) is 0. The molecule has 0 N–H and O–H groups in total. The Morgan fingerprint density at radius 3 is 2.28 bits per heavy atom. The van der Waals surface area contributed by atoms with Crippen LogP contribution in [0.25, 0.3) is 0 Å². The average molecular weight is 467 g/mol. The van der Waals surface area contributed by atoms with Crippen LogP contribution in [0.1, 0.15) is 44.9 Å². The number of halogens is 6. The third-order valence-electron chi connectivity index (χ3n) is 4.40. The topological polar surface area (TPSA) is 26.3 Å². The van der Waals surface area contributed by atoms with Gasteiger partial charge in [0.15, 0.2) is 8.67 Å². The highest BCUT2D eigenvalue weighted by Gasteiger charge is 2.45. The zero-order valence-electron chi connectivity index (χ0n) is 13.4. The maximum absolute atomic E-state index is 11.6. The first-order valence-corrected chi connectivity index (χ1v) is 10.3. The molecule has 25 heavy (non-hydrogen) atoms. The van der Waals surface area contributed by atoms with Crippen LogP contribution in [0.15, 0.2) is 33.9 Å². The Balaban J connectivity index is 2.47. The van der Waals surface area contributed by atoms with E-state index in [2.05, 4.69) is 6.58 Å². The molecule has 2 nitrogen and oxygen atoms in total. The molecule has 0 fully saturated rings. The summed E-state index contributed by atoms with van der Waals surface area (Å²) in [5.74, 6) is -0.601. The smallest absolute Gasteiger partial charge is 0.330 e. The lowest BCUT2D eigenvalue weighted by molar-refractivity contribution is -0.143. The van der Waals surface area contributed by atoms with Gasteiger partial charge in [0.05, 0.1) is 10.1 Å². The van der Waals surface area contributed by atoms with Crippen LogP contribution >= 0.6 is 69.6 Å². The summed E-state index contributed by atoms with van der Waals surface area (Å²) < 4.78 is 2.56. The largest absolute Gasteiger partial charge is 0.456 e. The Hall–Kier alpha value is 0.430. The highest BCUT2D eigenvalue weighted by molar-refractivity contribution is 6.57. The Morgan fingerprint density at radius 1 is 1.04 bits per heavy atom. The molecule has 2 aliphatic carbocycles. The van der Waals surface area contributed by atoms with Gasteiger partial charge in [0.2, 0.25) is 0 Å². The van der Waals surface area contributed by atoms with Crippen molar-refractivity contribution in [2.75, 3.05) is 0 Å². The van der Waals surface area contributed by atoms with Crippen LogP contribution in [0.2, 0.25) is 0 Å². The number of rotatable bonds is 3. The van der Waals surface area contributed by atoms with Crippen molar-refractivity contribution >= 4 is 75.6 Å². The highest BCUT2D eigenvalue weighted by Crippen LogP contribution is 2.51. The van der Waals surface area contributed by atoms with E-state index in [-0.39, 0.29) is 5.03 Å². The third-order valence-corrected chi connectivity index (χ3v) is 7.48. The maximum atomic E-state index is 11.6. The summed E-state index contributed by atoms with van der Waals surface area (Å²) in [5, 5.41) is 0.571. The zero-order chi connectivity index (χ0) is 18.8. The van der Waals surface area contributed by atoms with Crippen LogP contribution in [0.5, 0.6) is 0 Å². The standard InChI is InChI=1S/C17H18Cl6O2/c1-2-13(24)25-12-8-5-7-11(15(19)17(12,22)23)10-6-3-4-9-16(20,21)14(10)18/h2,12H,1,3-9H2. The van der Waals surface area contributed by atoms with E-state index in [9.17, 15) is 4.79 Å². The molecule has 0 bridgehead atoms. The summed E-state index contributed by atoms with van der Waals surface area (Å²) in [6.07, 6.45) is 5.00. The van der Waals surface area contributed by atoms with E-state index in [1.54, 1.807) is 0 Å². The molecular formula is C17H18Cl6O2. The first-order chi connectivity index (χ1) is 11.6. The van der Waals surface area contributed by atoms with Gasteiger partial charge < -0.3 is 4.74 Å². The SMILES string of the molecule is C=CC(=O)OC1CCCC(C2=C(Cl)C(Cl)(Cl)CCCC2)=C(Cl)C1(Cl)Cl. The van der Waals surface area contributed by atoms with Crippen molar-refractivity contribution in [1.82, 2.24) is 0 Å². The van der Waals surface area contributed by atoms with Gasteiger partial charge in [-0.25, -0.2) is 4.79 Å². The minimum absolute atomic E-state index is 0.203. The minimum Gasteiger partial charge on any atom is -0.456 e. The van der Waals surface area contributed by atoms with Crippen molar-refractivity contribution in [2.45, 2.75) is 59.7 Å². The van der Waals surface area contributed by atoms with Gasteiger partial charge in [-0.3, -0.25) is 0 Å². The lowest BCUT2D eigenvalue weighted by Crippen LogP contribution is -2.35. The fourth-order valence-electron chi connectivity index (χ4n) is 3.07. The fraction of sp³-hybridized carbons (Fsp3) is 0.588. The summed E-state index contributed by atoms with van der Waals surface area (Å²) in [5.41, 5.74) is 1.52. The molecular weight excluding hydrogens is 449 g/mol. The molecule has 2 rings (SSSR count). The number of carbonyl (C=O) groups excluding carboxylic acids is 1. The van der Waals surface area contributed by atoms with E-state index in [0.717, 1.165) is 30.1 Å². The number of esters is 1. The molecule has 1 unspecified atom stereocenters. The first kappa shape index (κ1) is 21.7. The monoisotopic (exact) mass is 464 g/mol. The van der Waals surface area contributed by atoms with E-state index in [1.165, 1.54) is 0 Å². The first-order valence-electron chi connectivity index (χ1n) is 7.98. The van der Waals surface area contributed by atoms with E-state index in [4.69, 9.17) is 74.3 Å². The Bertz CT molecular complexity index is 621. The summed E-state index contributed by atoms with van der Waals surface area (Å²) in [4.78, 5) is 11.6. The number of allylic oxidation sites excluding steroid dienone is 3. The second kappa shape index (κ2) is 8.63. The molecule has 140 valence electrons. The third kappa shape index (κ3) is 4.83. The summed E-state index contributed by atoms with van der Waals surface area (Å²) in [7, 11) is 0. The highest BCUT2D eigenvalue weighted by atomic mass is 35.5. The van der Waals surface area contributed by atoms with Crippen LogP contribution in [0, 0.1) is 0 Å². The van der Waals surface area contributed by atoms with Gasteiger partial charge >= 0.3 is 5.97 Å². The molecule has 2 aliphatic rings. The van der Waals surface area contributed by atoms with Gasteiger partial charge in [-0.2, -0.15) is 0 Å². The van der Waals surface area contributed by atoms with E-state index < -0.39 is 20.7 Å². The molecule has 0 heterocycles. The summed E-state index contributed by atoms with van der Waals surface area (Å²) in [6, 6.07) is 0. The van der Waals surface area contributed by atoms with Crippen molar-refractivity contribution in [3.63, 3.8) is 0 Å². The Labute approximate surface area is 178 Å². The van der Waals surface area contributed by atoms with Gasteiger partial charge in [-0.1, -0.05) is 76.2 Å². The molecule has 1 atom stereocenters. The molecule has 0 saturated carbocycles. The summed E-state index contributed by atoms with van der Waals surface area (Å²) in [6.45, 7) is 3.38. The number of alkyl halides is 4. The molecule has 0 amide bonds. The van der Waals surface area contributed by atoms with Crippen LogP contribution in [-0.2, 0) is 9.53 Å². The predicted molar refractivity (Wildman–Crippen MR) is 107 cm³/mol. The normalized spacial score (nSPS) is 26.7. The maximum Gasteiger partial charge on any atom is 0.330 e. The van der Waals surface area contributed by atoms with Gasteiger partial charge in [-0.15, -0.1) is 0 Å². The Kier molecular flexibility index (Phi) is 7.50. The number of carbonyl (C=O) groups is 1. The van der Waals surface area contributed by atoms with E-state index >= 15 is 0 Å². The molecule has 0 spiro atoms. The van der Waals surface area contributed by atoms with Crippen molar-refractivity contribution in [3.05, 3.63) is 33.9 Å². The van der Waals surface area contributed by atoms with Crippen LogP contribution in [0.4, 0.5) is 0 Å². The van der Waals surface area contributed by atoms with Crippen molar-refractivity contribution in [1.29, 1.82) is 0 Å². The zero-order valence-corrected chi connectivity index (χ0v) is 17.9. The number of ether oxygens (including phenoxy) is 1. The van der Waals surface area contributed by atoms with Gasteiger partial charge in [-0.05, 0) is 56.1 Å². The molecule has 0 aromatic heterocycles. The van der Waals surface area contributed by atoms with Crippen LogP contribution in [0.3, 0.4) is 0 Å². The second-order valence-electron chi connectivity index (χ2n) is 6.14. The van der Waals surface area contributed by atoms with E-state index in [0.29, 0.717) is 37.1 Å². The van der Waals surface area contributed by atoms with Crippen molar-refractivity contribution < 1.29 is 9.53 Å². The predicted octanol–water partition coefficient (Wildman–Crippen LogP) is 7.18. The van der Waals surface area contributed by atoms with Crippen LogP contribution in [-0.4, -0.2) is 20.7 Å². The number of hydrogen-bond acceptors (Lipinski definition) is 2. The van der Waals surface area contributed by atoms with Gasteiger partial charge in [0.25, 0.3) is 0 Å². The average Bonchev–Trinajstić information content (AvgIpc) is 2.74. The molecule has 0 aromatic carbocycles. The molecule has 0 radical (unpaired) electrons.